The van der Waals surface area contributed by atoms with E-state index in [1.165, 1.54) is 0 Å². The monoisotopic (exact) mass is 255 g/mol. The fourth-order valence-electron chi connectivity index (χ4n) is 1.86. The average molecular weight is 256 g/mol. The predicted molar refractivity (Wildman–Crippen MR) is 73.7 cm³/mol. The van der Waals surface area contributed by atoms with Gasteiger partial charge in [0.1, 0.15) is 5.82 Å². The third-order valence-electron chi connectivity index (χ3n) is 2.39. The summed E-state index contributed by atoms with van der Waals surface area (Å²) in [7, 11) is 0. The van der Waals surface area contributed by atoms with Crippen molar-refractivity contribution in [2.75, 3.05) is 18.0 Å². The highest BCUT2D eigenvalue weighted by atomic mass is 35.5. The van der Waals surface area contributed by atoms with Crippen LogP contribution in [-0.4, -0.2) is 23.1 Å². The van der Waals surface area contributed by atoms with Crippen LogP contribution in [0.25, 0.3) is 0 Å². The fraction of sp³-hybridized carbons (Fsp3) is 0.692. The lowest BCUT2D eigenvalue weighted by molar-refractivity contribution is 0.547. The molecule has 96 valence electrons. The molecule has 0 aliphatic carbocycles. The molecule has 0 bridgehead atoms. The van der Waals surface area contributed by atoms with E-state index in [2.05, 4.69) is 42.6 Å². The predicted octanol–water partition coefficient (Wildman–Crippen LogP) is 3.56. The average Bonchev–Trinajstić information content (AvgIpc) is 2.19. The van der Waals surface area contributed by atoms with Gasteiger partial charge in [-0.1, -0.05) is 27.7 Å². The van der Waals surface area contributed by atoms with E-state index in [0.29, 0.717) is 17.1 Å². The van der Waals surface area contributed by atoms with Gasteiger partial charge in [0, 0.05) is 24.8 Å². The number of anilines is 1. The second kappa shape index (κ2) is 6.20. The zero-order valence-electron chi connectivity index (χ0n) is 11.4. The summed E-state index contributed by atoms with van der Waals surface area (Å²) in [5.74, 6) is 2.16. The molecule has 1 aromatic rings. The summed E-state index contributed by atoms with van der Waals surface area (Å²) < 4.78 is 0. The molecule has 0 saturated carbocycles. The van der Waals surface area contributed by atoms with E-state index in [1.54, 1.807) is 6.20 Å². The maximum Gasteiger partial charge on any atom is 0.224 e. The number of hydrogen-bond donors (Lipinski definition) is 0. The van der Waals surface area contributed by atoms with Gasteiger partial charge in [0.05, 0.1) is 0 Å². The van der Waals surface area contributed by atoms with E-state index in [0.717, 1.165) is 24.5 Å². The highest BCUT2D eigenvalue weighted by molar-refractivity contribution is 6.28. The fourth-order valence-corrected chi connectivity index (χ4v) is 1.99. The lowest BCUT2D eigenvalue weighted by Gasteiger charge is -2.28. The van der Waals surface area contributed by atoms with Crippen LogP contribution < -0.4 is 4.90 Å². The van der Waals surface area contributed by atoms with Crippen LogP contribution in [0.3, 0.4) is 0 Å². The number of aryl methyl sites for hydroxylation is 1. The minimum atomic E-state index is 0.322. The van der Waals surface area contributed by atoms with Gasteiger partial charge in [0.25, 0.3) is 0 Å². The molecule has 0 N–H and O–H groups in total. The normalized spacial score (nSPS) is 11.3. The van der Waals surface area contributed by atoms with Crippen LogP contribution in [0.2, 0.25) is 5.28 Å². The summed E-state index contributed by atoms with van der Waals surface area (Å²) in [6.07, 6.45) is 1.79. The highest BCUT2D eigenvalue weighted by Crippen LogP contribution is 2.20. The molecular weight excluding hydrogens is 234 g/mol. The first-order chi connectivity index (χ1) is 7.90. The van der Waals surface area contributed by atoms with Crippen molar-refractivity contribution in [2.45, 2.75) is 34.6 Å². The molecule has 0 unspecified atom stereocenters. The van der Waals surface area contributed by atoms with E-state index in [1.807, 2.05) is 6.92 Å². The lowest BCUT2D eigenvalue weighted by Crippen LogP contribution is -2.32. The Morgan fingerprint density at radius 3 is 2.18 bits per heavy atom. The van der Waals surface area contributed by atoms with E-state index in [4.69, 9.17) is 11.6 Å². The third kappa shape index (κ3) is 4.50. The summed E-state index contributed by atoms with van der Waals surface area (Å²) >= 11 is 5.89. The van der Waals surface area contributed by atoms with Gasteiger partial charge in [0.15, 0.2) is 0 Å². The van der Waals surface area contributed by atoms with Crippen molar-refractivity contribution in [3.63, 3.8) is 0 Å². The molecule has 0 aliphatic rings. The van der Waals surface area contributed by atoms with E-state index in [9.17, 15) is 0 Å². The second-order valence-electron chi connectivity index (χ2n) is 5.34. The molecule has 0 atom stereocenters. The van der Waals surface area contributed by atoms with E-state index >= 15 is 0 Å². The standard InChI is InChI=1S/C13H22ClN3/c1-9(2)7-17(8-10(3)4)12-11(5)6-15-13(14)16-12/h6,9-10H,7-8H2,1-5H3. The highest BCUT2D eigenvalue weighted by Gasteiger charge is 2.14. The maximum absolute atomic E-state index is 5.89. The zero-order chi connectivity index (χ0) is 13.0. The van der Waals surface area contributed by atoms with Crippen molar-refractivity contribution < 1.29 is 0 Å². The molecule has 17 heavy (non-hydrogen) atoms. The van der Waals surface area contributed by atoms with Crippen molar-refractivity contribution in [3.05, 3.63) is 17.0 Å². The molecule has 0 aromatic carbocycles. The molecule has 0 fully saturated rings. The zero-order valence-corrected chi connectivity index (χ0v) is 12.1. The summed E-state index contributed by atoms with van der Waals surface area (Å²) in [6.45, 7) is 12.9. The van der Waals surface area contributed by atoms with Crippen LogP contribution in [0.1, 0.15) is 33.3 Å². The number of nitrogens with zero attached hydrogens (tertiary/aromatic N) is 3. The molecule has 1 heterocycles. The van der Waals surface area contributed by atoms with E-state index < -0.39 is 0 Å². The van der Waals surface area contributed by atoms with Crippen LogP contribution >= 0.6 is 11.6 Å². The first-order valence-corrected chi connectivity index (χ1v) is 6.52. The Bertz CT molecular complexity index is 354. The van der Waals surface area contributed by atoms with Crippen molar-refractivity contribution in [1.29, 1.82) is 0 Å². The van der Waals surface area contributed by atoms with Crippen molar-refractivity contribution in [3.8, 4) is 0 Å². The van der Waals surface area contributed by atoms with Gasteiger partial charge in [-0.2, -0.15) is 0 Å². The van der Waals surface area contributed by atoms with Gasteiger partial charge in [-0.25, -0.2) is 9.97 Å². The Kier molecular flexibility index (Phi) is 5.19. The number of hydrogen-bond acceptors (Lipinski definition) is 3. The molecule has 3 nitrogen and oxygen atoms in total. The maximum atomic E-state index is 5.89. The van der Waals surface area contributed by atoms with Gasteiger partial charge in [0.2, 0.25) is 5.28 Å². The SMILES string of the molecule is Cc1cnc(Cl)nc1N(CC(C)C)CC(C)C. The molecule has 0 aliphatic heterocycles. The Morgan fingerprint density at radius 1 is 1.18 bits per heavy atom. The third-order valence-corrected chi connectivity index (χ3v) is 2.57. The summed E-state index contributed by atoms with van der Waals surface area (Å²) in [5, 5.41) is 0.322. The molecule has 1 rings (SSSR count). The van der Waals surface area contributed by atoms with Gasteiger partial charge in [-0.3, -0.25) is 0 Å². The Balaban J connectivity index is 2.98. The molecule has 0 radical (unpaired) electrons. The van der Waals surface area contributed by atoms with Crippen LogP contribution in [-0.2, 0) is 0 Å². The molecule has 1 aromatic heterocycles. The molecule has 0 amide bonds. The summed E-state index contributed by atoms with van der Waals surface area (Å²) in [5.41, 5.74) is 1.08. The Labute approximate surface area is 109 Å². The minimum Gasteiger partial charge on any atom is -0.356 e. The van der Waals surface area contributed by atoms with Crippen molar-refractivity contribution in [1.82, 2.24) is 9.97 Å². The van der Waals surface area contributed by atoms with Crippen LogP contribution in [0.15, 0.2) is 6.20 Å². The second-order valence-corrected chi connectivity index (χ2v) is 5.68. The molecule has 0 spiro atoms. The largest absolute Gasteiger partial charge is 0.356 e. The Morgan fingerprint density at radius 2 is 1.71 bits per heavy atom. The quantitative estimate of drug-likeness (QED) is 0.754. The number of halogens is 1. The van der Waals surface area contributed by atoms with Gasteiger partial charge in [-0.15, -0.1) is 0 Å². The van der Waals surface area contributed by atoms with Crippen LogP contribution in [0.5, 0.6) is 0 Å². The summed E-state index contributed by atoms with van der Waals surface area (Å²) in [4.78, 5) is 10.7. The van der Waals surface area contributed by atoms with Crippen LogP contribution in [0, 0.1) is 18.8 Å². The first-order valence-electron chi connectivity index (χ1n) is 6.14. The smallest absolute Gasteiger partial charge is 0.224 e. The van der Waals surface area contributed by atoms with Crippen LogP contribution in [0.4, 0.5) is 5.82 Å². The van der Waals surface area contributed by atoms with Gasteiger partial charge in [-0.05, 0) is 30.4 Å². The van der Waals surface area contributed by atoms with E-state index in [-0.39, 0.29) is 0 Å². The minimum absolute atomic E-state index is 0.322. The van der Waals surface area contributed by atoms with Gasteiger partial charge < -0.3 is 4.90 Å². The van der Waals surface area contributed by atoms with Crippen molar-refractivity contribution in [2.24, 2.45) is 11.8 Å². The first kappa shape index (κ1) is 14.2. The molecule has 0 saturated heterocycles. The lowest BCUT2D eigenvalue weighted by atomic mass is 10.1. The number of aromatic nitrogens is 2. The topological polar surface area (TPSA) is 29.0 Å². The molecular formula is C13H22ClN3. The number of rotatable bonds is 5. The van der Waals surface area contributed by atoms with Crippen molar-refractivity contribution >= 4 is 17.4 Å². The Hall–Kier alpha value is -0.830. The summed E-state index contributed by atoms with van der Waals surface area (Å²) in [6, 6.07) is 0. The van der Waals surface area contributed by atoms with Gasteiger partial charge >= 0.3 is 0 Å². The molecule has 4 heteroatoms.